The van der Waals surface area contributed by atoms with Crippen molar-refractivity contribution in [3.05, 3.63) is 23.3 Å². The van der Waals surface area contributed by atoms with Crippen molar-refractivity contribution in [1.29, 1.82) is 0 Å². The first-order chi connectivity index (χ1) is 13.5. The van der Waals surface area contributed by atoms with Gasteiger partial charge in [0, 0.05) is 36.4 Å². The van der Waals surface area contributed by atoms with E-state index in [2.05, 4.69) is 4.90 Å². The molecule has 1 aromatic carbocycles. The number of nitrogens with zero attached hydrogens (tertiary/aromatic N) is 1. The van der Waals surface area contributed by atoms with Crippen molar-refractivity contribution < 1.29 is 19.7 Å². The molecule has 0 amide bonds. The quantitative estimate of drug-likeness (QED) is 0.684. The Kier molecular flexibility index (Phi) is 4.23. The summed E-state index contributed by atoms with van der Waals surface area (Å²) in [5.74, 6) is 1.30. The van der Waals surface area contributed by atoms with Crippen LogP contribution in [0.2, 0.25) is 0 Å². The number of rotatable bonds is 4. The summed E-state index contributed by atoms with van der Waals surface area (Å²) >= 11 is 0. The Morgan fingerprint density at radius 1 is 1.29 bits per heavy atom. The predicted molar refractivity (Wildman–Crippen MR) is 104 cm³/mol. The summed E-state index contributed by atoms with van der Waals surface area (Å²) in [6.07, 6.45) is 6.44. The molecule has 28 heavy (non-hydrogen) atoms. The van der Waals surface area contributed by atoms with Crippen molar-refractivity contribution in [2.75, 3.05) is 19.8 Å². The third kappa shape index (κ3) is 2.41. The third-order valence-corrected chi connectivity index (χ3v) is 8.01. The van der Waals surface area contributed by atoms with Gasteiger partial charge in [-0.1, -0.05) is 12.5 Å². The fourth-order valence-corrected chi connectivity index (χ4v) is 6.42. The molecule has 3 fully saturated rings. The minimum atomic E-state index is -0.991. The van der Waals surface area contributed by atoms with E-state index in [0.717, 1.165) is 30.1 Å². The van der Waals surface area contributed by atoms with Crippen LogP contribution in [0, 0.1) is 5.92 Å². The lowest BCUT2D eigenvalue weighted by Gasteiger charge is -2.63. The zero-order valence-corrected chi connectivity index (χ0v) is 16.3. The molecule has 1 aliphatic heterocycles. The van der Waals surface area contributed by atoms with Gasteiger partial charge in [-0.15, -0.1) is 0 Å². The van der Waals surface area contributed by atoms with Crippen LogP contribution in [0.3, 0.4) is 0 Å². The number of carbonyl (C=O) groups excluding carboxylic acids is 1. The fourth-order valence-electron chi connectivity index (χ4n) is 6.42. The van der Waals surface area contributed by atoms with Crippen LogP contribution in [0.4, 0.5) is 0 Å². The normalized spacial score (nSPS) is 35.1. The average molecular weight is 386 g/mol. The molecule has 3 aliphatic carbocycles. The van der Waals surface area contributed by atoms with E-state index in [1.165, 1.54) is 19.3 Å². The topological polar surface area (TPSA) is 96.0 Å². The highest BCUT2D eigenvalue weighted by molar-refractivity contribution is 5.83. The highest BCUT2D eigenvalue weighted by atomic mass is 16.5. The first kappa shape index (κ1) is 18.4. The van der Waals surface area contributed by atoms with Crippen LogP contribution in [0.1, 0.15) is 56.1 Å². The van der Waals surface area contributed by atoms with E-state index >= 15 is 0 Å². The molecule has 1 aromatic rings. The van der Waals surface area contributed by atoms with E-state index in [1.807, 2.05) is 6.07 Å². The van der Waals surface area contributed by atoms with E-state index in [0.29, 0.717) is 37.9 Å². The molecule has 4 N–H and O–H groups in total. The molecule has 0 aromatic heterocycles. The molecule has 0 spiro atoms. The second kappa shape index (κ2) is 6.44. The van der Waals surface area contributed by atoms with Crippen molar-refractivity contribution in [2.45, 2.75) is 68.4 Å². The molecular formula is C22H30N2O4. The van der Waals surface area contributed by atoms with E-state index < -0.39 is 11.0 Å². The number of ketones is 1. The number of hydrogen-bond acceptors (Lipinski definition) is 6. The van der Waals surface area contributed by atoms with Crippen molar-refractivity contribution in [3.8, 4) is 11.5 Å². The maximum absolute atomic E-state index is 12.5. The van der Waals surface area contributed by atoms with Gasteiger partial charge in [0.25, 0.3) is 0 Å². The number of phenols is 1. The van der Waals surface area contributed by atoms with Gasteiger partial charge < -0.3 is 14.9 Å². The van der Waals surface area contributed by atoms with Crippen LogP contribution in [0.15, 0.2) is 12.1 Å². The summed E-state index contributed by atoms with van der Waals surface area (Å²) in [4.78, 5) is 15.0. The SMILES string of the molecule is NCOc1ccc2c(c1O)[C@]13CCN(CC4CCC4)[C@H](C2)[C@]1(O)CCC(=O)C3. The number of piperidine rings is 1. The molecule has 5 rings (SSSR count). The number of likely N-dealkylation sites (tertiary alicyclic amines) is 1. The Hall–Kier alpha value is -1.63. The predicted octanol–water partition coefficient (Wildman–Crippen LogP) is 1.84. The molecule has 152 valence electrons. The van der Waals surface area contributed by atoms with Crippen LogP contribution in [-0.4, -0.2) is 52.4 Å². The first-order valence-electron chi connectivity index (χ1n) is 10.6. The zero-order valence-electron chi connectivity index (χ0n) is 16.3. The molecule has 1 saturated heterocycles. The number of nitrogens with two attached hydrogens (primary N) is 1. The Bertz CT molecular complexity index is 808. The third-order valence-electron chi connectivity index (χ3n) is 8.01. The number of aliphatic hydroxyl groups is 1. The molecule has 0 unspecified atom stereocenters. The number of phenolic OH excluding ortho intramolecular Hbond substituents is 1. The van der Waals surface area contributed by atoms with Gasteiger partial charge in [-0.05, 0) is 56.2 Å². The molecule has 6 heteroatoms. The smallest absolute Gasteiger partial charge is 0.163 e. The second-order valence-corrected chi connectivity index (χ2v) is 9.24. The molecule has 1 heterocycles. The minimum Gasteiger partial charge on any atom is -0.504 e. The molecular weight excluding hydrogens is 356 g/mol. The van der Waals surface area contributed by atoms with Crippen LogP contribution < -0.4 is 10.5 Å². The Morgan fingerprint density at radius 3 is 2.82 bits per heavy atom. The van der Waals surface area contributed by atoms with Gasteiger partial charge in [-0.3, -0.25) is 15.4 Å². The lowest BCUT2D eigenvalue weighted by atomic mass is 9.49. The lowest BCUT2D eigenvalue weighted by Crippen LogP contribution is -2.73. The van der Waals surface area contributed by atoms with Crippen LogP contribution in [0.25, 0.3) is 0 Å². The Labute approximate surface area is 165 Å². The Balaban J connectivity index is 1.63. The molecule has 0 radical (unpaired) electrons. The summed E-state index contributed by atoms with van der Waals surface area (Å²) in [5.41, 5.74) is 5.57. The largest absolute Gasteiger partial charge is 0.504 e. The number of Topliss-reactive ketones (excluding diaryl/α,β-unsaturated/α-hetero) is 1. The lowest BCUT2D eigenvalue weighted by molar-refractivity contribution is -0.175. The van der Waals surface area contributed by atoms with E-state index in [-0.39, 0.29) is 24.3 Å². The summed E-state index contributed by atoms with van der Waals surface area (Å²) in [7, 11) is 0. The summed E-state index contributed by atoms with van der Waals surface area (Å²) in [6.45, 7) is 1.87. The maximum atomic E-state index is 12.5. The van der Waals surface area contributed by atoms with Crippen molar-refractivity contribution in [1.82, 2.24) is 4.90 Å². The monoisotopic (exact) mass is 386 g/mol. The van der Waals surface area contributed by atoms with Gasteiger partial charge in [0.05, 0.1) is 5.60 Å². The number of fused-ring (bicyclic) bond motifs is 1. The maximum Gasteiger partial charge on any atom is 0.163 e. The van der Waals surface area contributed by atoms with E-state index in [4.69, 9.17) is 10.5 Å². The highest BCUT2D eigenvalue weighted by Crippen LogP contribution is 2.60. The van der Waals surface area contributed by atoms with Gasteiger partial charge in [0.15, 0.2) is 11.5 Å². The molecule has 3 atom stereocenters. The number of benzene rings is 1. The summed E-state index contributed by atoms with van der Waals surface area (Å²) in [5, 5.41) is 23.1. The van der Waals surface area contributed by atoms with Gasteiger partial charge in [-0.25, -0.2) is 0 Å². The molecule has 6 nitrogen and oxygen atoms in total. The minimum absolute atomic E-state index is 0.00290. The van der Waals surface area contributed by atoms with Gasteiger partial charge >= 0.3 is 0 Å². The molecule has 2 bridgehead atoms. The van der Waals surface area contributed by atoms with Gasteiger partial charge in [0.1, 0.15) is 12.5 Å². The fraction of sp³-hybridized carbons (Fsp3) is 0.682. The number of aromatic hydroxyl groups is 1. The number of carbonyl (C=O) groups is 1. The average Bonchev–Trinajstić information content (AvgIpc) is 2.62. The summed E-state index contributed by atoms with van der Waals surface area (Å²) < 4.78 is 5.42. The van der Waals surface area contributed by atoms with E-state index in [1.54, 1.807) is 6.07 Å². The van der Waals surface area contributed by atoms with Crippen LogP contribution in [-0.2, 0) is 16.6 Å². The van der Waals surface area contributed by atoms with Crippen molar-refractivity contribution in [3.63, 3.8) is 0 Å². The zero-order chi connectivity index (χ0) is 19.5. The van der Waals surface area contributed by atoms with Crippen LogP contribution in [0.5, 0.6) is 11.5 Å². The first-order valence-corrected chi connectivity index (χ1v) is 10.6. The van der Waals surface area contributed by atoms with Crippen molar-refractivity contribution >= 4 is 5.78 Å². The number of ether oxygens (including phenoxy) is 1. The summed E-state index contributed by atoms with van der Waals surface area (Å²) in [6, 6.07) is 3.75. The van der Waals surface area contributed by atoms with Gasteiger partial charge in [-0.2, -0.15) is 0 Å². The standard InChI is InChI=1S/C22H30N2O4/c23-13-28-17-5-4-15-10-18-22(27)7-6-16(25)11-21(22,19(15)20(17)26)8-9-24(18)12-14-2-1-3-14/h4-5,14,18,26-27H,1-3,6-13,23H2/t18-,21-,22-/m1/s1. The number of hydrogen-bond donors (Lipinski definition) is 3. The van der Waals surface area contributed by atoms with E-state index in [9.17, 15) is 15.0 Å². The highest BCUT2D eigenvalue weighted by Gasteiger charge is 2.65. The molecule has 2 saturated carbocycles. The van der Waals surface area contributed by atoms with Gasteiger partial charge in [0.2, 0.25) is 0 Å². The van der Waals surface area contributed by atoms with Crippen LogP contribution >= 0.6 is 0 Å². The second-order valence-electron chi connectivity index (χ2n) is 9.24. The Morgan fingerprint density at radius 2 is 2.11 bits per heavy atom. The molecule has 4 aliphatic rings. The van der Waals surface area contributed by atoms with Crippen molar-refractivity contribution in [2.24, 2.45) is 11.7 Å².